The van der Waals surface area contributed by atoms with Gasteiger partial charge in [-0.05, 0) is 44.7 Å². The van der Waals surface area contributed by atoms with Crippen LogP contribution in [0.4, 0.5) is 0 Å². The summed E-state index contributed by atoms with van der Waals surface area (Å²) in [6.45, 7) is 3.69. The molecule has 23 heavy (non-hydrogen) atoms. The predicted octanol–water partition coefficient (Wildman–Crippen LogP) is 1.52. The van der Waals surface area contributed by atoms with Crippen LogP contribution < -0.4 is 4.72 Å². The van der Waals surface area contributed by atoms with Gasteiger partial charge < -0.3 is 9.32 Å². The fraction of sp³-hybridized carbons (Fsp3) is 0.600. The lowest BCUT2D eigenvalue weighted by Gasteiger charge is -2.34. The monoisotopic (exact) mass is 342 g/mol. The van der Waals surface area contributed by atoms with Gasteiger partial charge in [-0.2, -0.15) is 0 Å². The van der Waals surface area contributed by atoms with Crippen molar-refractivity contribution in [1.29, 1.82) is 0 Å². The Kier molecular flexibility index (Phi) is 5.46. The molecular weight excluding hydrogens is 320 g/mol. The number of likely N-dealkylation sites (tertiary alicyclic amines) is 1. The molecular formula is C15H22N2O5S. The number of sulfonamides is 1. The minimum atomic E-state index is -3.72. The molecule has 7 nitrogen and oxygen atoms in total. The van der Waals surface area contributed by atoms with E-state index in [1.807, 2.05) is 0 Å². The quantitative estimate of drug-likeness (QED) is 0.875. The molecule has 128 valence electrons. The number of hydrogen-bond acceptors (Lipinski definition) is 5. The van der Waals surface area contributed by atoms with Crippen molar-refractivity contribution in [2.75, 3.05) is 6.54 Å². The molecule has 1 aliphatic rings. The lowest BCUT2D eigenvalue weighted by atomic mass is 10.0. The second kappa shape index (κ2) is 7.16. The third-order valence-corrected chi connectivity index (χ3v) is 6.02. The van der Waals surface area contributed by atoms with Gasteiger partial charge in [0.2, 0.25) is 10.0 Å². The Balaban J connectivity index is 2.15. The summed E-state index contributed by atoms with van der Waals surface area (Å²) in [5.41, 5.74) is 0. The Bertz CT molecular complexity index is 653. The smallest absolute Gasteiger partial charge is 0.290 e. The van der Waals surface area contributed by atoms with Gasteiger partial charge in [-0.25, -0.2) is 8.42 Å². The van der Waals surface area contributed by atoms with E-state index in [4.69, 9.17) is 4.42 Å². The van der Waals surface area contributed by atoms with Gasteiger partial charge in [0.25, 0.3) is 11.8 Å². The number of hydrogen-bond donors (Lipinski definition) is 1. The third kappa shape index (κ3) is 3.93. The lowest BCUT2D eigenvalue weighted by Crippen LogP contribution is -2.53. The first-order chi connectivity index (χ1) is 10.9. The van der Waals surface area contributed by atoms with E-state index in [2.05, 4.69) is 4.72 Å². The van der Waals surface area contributed by atoms with Crippen molar-refractivity contribution in [2.24, 2.45) is 0 Å². The first-order valence-electron chi connectivity index (χ1n) is 7.76. The van der Waals surface area contributed by atoms with E-state index in [1.165, 1.54) is 17.2 Å². The van der Waals surface area contributed by atoms with Crippen molar-refractivity contribution in [1.82, 2.24) is 9.62 Å². The van der Waals surface area contributed by atoms with Crippen LogP contribution in [0, 0.1) is 0 Å². The summed E-state index contributed by atoms with van der Waals surface area (Å²) >= 11 is 0. The van der Waals surface area contributed by atoms with Gasteiger partial charge in [0.05, 0.1) is 11.5 Å². The standard InChI is InChI=1S/C15H22N2O5S/c1-3-11(2)23(20,21)16-14(18)12-7-4-5-9-17(12)15(19)13-8-6-10-22-13/h6,8,10-12H,3-5,7,9H2,1-2H3,(H,16,18)/t11-,12+/m1/s1. The van der Waals surface area contributed by atoms with Crippen molar-refractivity contribution >= 4 is 21.8 Å². The van der Waals surface area contributed by atoms with Crippen molar-refractivity contribution in [3.8, 4) is 0 Å². The molecule has 0 aromatic carbocycles. The summed E-state index contributed by atoms with van der Waals surface area (Å²) in [5.74, 6) is -0.893. The minimum Gasteiger partial charge on any atom is -0.459 e. The SMILES string of the molecule is CC[C@@H](C)S(=O)(=O)NC(=O)[C@@H]1CCCCN1C(=O)c1ccco1. The number of nitrogens with zero attached hydrogens (tertiary/aromatic N) is 1. The normalized spacial score (nSPS) is 20.1. The zero-order chi connectivity index (χ0) is 17.0. The van der Waals surface area contributed by atoms with Gasteiger partial charge in [0.15, 0.2) is 5.76 Å². The second-order valence-electron chi connectivity index (χ2n) is 5.72. The first-order valence-corrected chi connectivity index (χ1v) is 9.31. The number of nitrogens with one attached hydrogen (secondary N) is 1. The van der Waals surface area contributed by atoms with Crippen molar-refractivity contribution < 1.29 is 22.4 Å². The Morgan fingerprint density at radius 3 is 2.78 bits per heavy atom. The van der Waals surface area contributed by atoms with E-state index >= 15 is 0 Å². The number of amides is 2. The summed E-state index contributed by atoms with van der Waals surface area (Å²) in [4.78, 5) is 26.2. The molecule has 0 aliphatic carbocycles. The fourth-order valence-electron chi connectivity index (χ4n) is 2.52. The van der Waals surface area contributed by atoms with Crippen LogP contribution in [0.3, 0.4) is 0 Å². The molecule has 2 amide bonds. The second-order valence-corrected chi connectivity index (χ2v) is 7.82. The summed E-state index contributed by atoms with van der Waals surface area (Å²) in [7, 11) is -3.72. The molecule has 0 bridgehead atoms. The molecule has 1 aliphatic heterocycles. The van der Waals surface area contributed by atoms with Gasteiger partial charge in [0, 0.05) is 6.54 Å². The number of rotatable bonds is 5. The summed E-state index contributed by atoms with van der Waals surface area (Å²) < 4.78 is 31.3. The molecule has 0 saturated carbocycles. The maximum absolute atomic E-state index is 12.4. The maximum Gasteiger partial charge on any atom is 0.290 e. The Labute approximate surface area is 136 Å². The van der Waals surface area contributed by atoms with Crippen LogP contribution in [0.1, 0.15) is 50.1 Å². The van der Waals surface area contributed by atoms with Gasteiger partial charge in [-0.1, -0.05) is 6.92 Å². The molecule has 0 unspecified atom stereocenters. The average Bonchev–Trinajstić information content (AvgIpc) is 3.07. The third-order valence-electron chi connectivity index (χ3n) is 4.15. The zero-order valence-electron chi connectivity index (χ0n) is 13.3. The summed E-state index contributed by atoms with van der Waals surface area (Å²) in [5, 5.41) is -0.663. The molecule has 1 aromatic rings. The fourth-order valence-corrected chi connectivity index (χ4v) is 3.57. The number of piperidine rings is 1. The zero-order valence-corrected chi connectivity index (χ0v) is 14.1. The maximum atomic E-state index is 12.4. The summed E-state index contributed by atoms with van der Waals surface area (Å²) in [6.07, 6.45) is 3.77. The van der Waals surface area contributed by atoms with Crippen molar-refractivity contribution in [3.05, 3.63) is 24.2 Å². The van der Waals surface area contributed by atoms with Crippen LogP contribution in [-0.4, -0.2) is 43.0 Å². The highest BCUT2D eigenvalue weighted by atomic mass is 32.2. The van der Waals surface area contributed by atoms with Crippen LogP contribution in [0.25, 0.3) is 0 Å². The molecule has 1 fully saturated rings. The van der Waals surface area contributed by atoms with E-state index in [0.29, 0.717) is 19.4 Å². The Hall–Kier alpha value is -1.83. The van der Waals surface area contributed by atoms with E-state index in [9.17, 15) is 18.0 Å². The molecule has 1 saturated heterocycles. The molecule has 1 aromatic heterocycles. The molecule has 2 atom stereocenters. The predicted molar refractivity (Wildman–Crippen MR) is 84.2 cm³/mol. The molecule has 1 N–H and O–H groups in total. The largest absolute Gasteiger partial charge is 0.459 e. The van der Waals surface area contributed by atoms with Crippen LogP contribution >= 0.6 is 0 Å². The molecule has 8 heteroatoms. The van der Waals surface area contributed by atoms with E-state index in [-0.39, 0.29) is 5.76 Å². The van der Waals surface area contributed by atoms with Crippen LogP contribution in [0.2, 0.25) is 0 Å². The number of carbonyl (C=O) groups excluding carboxylic acids is 2. The van der Waals surface area contributed by atoms with Gasteiger partial charge in [0.1, 0.15) is 6.04 Å². The molecule has 0 radical (unpaired) electrons. The average molecular weight is 342 g/mol. The van der Waals surface area contributed by atoms with Gasteiger partial charge in [-0.3, -0.25) is 14.3 Å². The highest BCUT2D eigenvalue weighted by Gasteiger charge is 2.36. The van der Waals surface area contributed by atoms with E-state index in [1.54, 1.807) is 19.9 Å². The van der Waals surface area contributed by atoms with Gasteiger partial charge >= 0.3 is 0 Å². The molecule has 2 heterocycles. The van der Waals surface area contributed by atoms with Crippen molar-refractivity contribution in [3.63, 3.8) is 0 Å². The minimum absolute atomic E-state index is 0.148. The number of furan rings is 1. The van der Waals surface area contributed by atoms with Crippen LogP contribution in [0.5, 0.6) is 0 Å². The Morgan fingerprint density at radius 2 is 2.17 bits per heavy atom. The van der Waals surface area contributed by atoms with E-state index < -0.39 is 33.1 Å². The molecule has 2 rings (SSSR count). The topological polar surface area (TPSA) is 96.7 Å². The highest BCUT2D eigenvalue weighted by molar-refractivity contribution is 7.90. The summed E-state index contributed by atoms with van der Waals surface area (Å²) in [6, 6.07) is 2.33. The highest BCUT2D eigenvalue weighted by Crippen LogP contribution is 2.20. The van der Waals surface area contributed by atoms with Gasteiger partial charge in [-0.15, -0.1) is 0 Å². The van der Waals surface area contributed by atoms with Crippen molar-refractivity contribution in [2.45, 2.75) is 50.8 Å². The first kappa shape index (κ1) is 17.5. The van der Waals surface area contributed by atoms with E-state index in [0.717, 1.165) is 12.8 Å². The van der Waals surface area contributed by atoms with Crippen LogP contribution in [-0.2, 0) is 14.8 Å². The number of carbonyl (C=O) groups is 2. The molecule has 0 spiro atoms. The lowest BCUT2D eigenvalue weighted by molar-refractivity contribution is -0.124. The van der Waals surface area contributed by atoms with Crippen LogP contribution in [0.15, 0.2) is 22.8 Å². The Morgan fingerprint density at radius 1 is 1.43 bits per heavy atom.